The second-order valence-electron chi connectivity index (χ2n) is 6.20. The summed E-state index contributed by atoms with van der Waals surface area (Å²) >= 11 is 12.7. The highest BCUT2D eigenvalue weighted by atomic mass is 35.5. The highest BCUT2D eigenvalue weighted by Crippen LogP contribution is 2.34. The van der Waals surface area contributed by atoms with Crippen molar-refractivity contribution in [1.29, 1.82) is 0 Å². The third kappa shape index (κ3) is 5.04. The zero-order valence-electron chi connectivity index (χ0n) is 14.9. The molecule has 1 aromatic heterocycles. The number of nitrogens with zero attached hydrogens (tertiary/aromatic N) is 1. The van der Waals surface area contributed by atoms with E-state index >= 15 is 0 Å². The highest BCUT2D eigenvalue weighted by Gasteiger charge is 2.31. The molecule has 1 fully saturated rings. The second kappa shape index (κ2) is 9.41. The first-order chi connectivity index (χ1) is 13.5. The van der Waals surface area contributed by atoms with Crippen LogP contribution in [0.15, 0.2) is 45.7 Å². The Morgan fingerprint density at radius 3 is 2.75 bits per heavy atom. The van der Waals surface area contributed by atoms with Crippen molar-refractivity contribution in [2.24, 2.45) is 0 Å². The van der Waals surface area contributed by atoms with Crippen molar-refractivity contribution in [2.45, 2.75) is 25.7 Å². The molecule has 5 nitrogen and oxygen atoms in total. The van der Waals surface area contributed by atoms with Crippen LogP contribution in [0, 0.1) is 0 Å². The molecule has 0 radical (unpaired) electrons. The summed E-state index contributed by atoms with van der Waals surface area (Å²) in [6.45, 7) is 0.470. The van der Waals surface area contributed by atoms with Crippen molar-refractivity contribution in [3.63, 3.8) is 0 Å². The fraction of sp³-hybridized carbons (Fsp3) is 0.250. The van der Waals surface area contributed by atoms with Crippen molar-refractivity contribution in [1.82, 2.24) is 4.90 Å². The van der Waals surface area contributed by atoms with Crippen LogP contribution in [0.2, 0.25) is 5.02 Å². The summed E-state index contributed by atoms with van der Waals surface area (Å²) in [7, 11) is 0. The Hall–Kier alpha value is -2.09. The van der Waals surface area contributed by atoms with Crippen LogP contribution < -0.4 is 5.11 Å². The van der Waals surface area contributed by atoms with Gasteiger partial charge in [-0.05, 0) is 43.5 Å². The second-order valence-corrected chi connectivity index (χ2v) is 8.28. The molecule has 0 atom stereocenters. The normalized spacial score (nSPS) is 15.6. The molecule has 1 saturated heterocycles. The first kappa shape index (κ1) is 20.6. The van der Waals surface area contributed by atoms with Crippen LogP contribution in [-0.2, 0) is 9.59 Å². The van der Waals surface area contributed by atoms with Gasteiger partial charge in [-0.3, -0.25) is 9.69 Å². The molecule has 8 heteroatoms. The van der Waals surface area contributed by atoms with E-state index in [1.807, 2.05) is 24.3 Å². The van der Waals surface area contributed by atoms with Crippen molar-refractivity contribution in [2.75, 3.05) is 6.54 Å². The van der Waals surface area contributed by atoms with E-state index in [1.54, 1.807) is 23.1 Å². The van der Waals surface area contributed by atoms with Crippen molar-refractivity contribution in [3.8, 4) is 11.3 Å². The number of unbranched alkanes of at least 4 members (excludes halogenated alkanes) is 2. The molecule has 3 rings (SSSR count). The lowest BCUT2D eigenvalue weighted by atomic mass is 10.2. The van der Waals surface area contributed by atoms with Crippen LogP contribution >= 0.6 is 35.6 Å². The molecule has 0 bridgehead atoms. The lowest BCUT2D eigenvalue weighted by Crippen LogP contribution is -2.29. The number of aliphatic carboxylic acids is 1. The number of hydrogen-bond donors (Lipinski definition) is 0. The van der Waals surface area contributed by atoms with E-state index in [2.05, 4.69) is 0 Å². The molecular formula is C20H17ClNO4S2-. The Morgan fingerprint density at radius 2 is 2.00 bits per heavy atom. The minimum absolute atomic E-state index is 0.0323. The third-order valence-corrected chi connectivity index (χ3v) is 5.88. The Kier molecular flexibility index (Phi) is 6.93. The number of hydrogen-bond acceptors (Lipinski definition) is 6. The maximum absolute atomic E-state index is 12.6. The van der Waals surface area contributed by atoms with E-state index in [0.717, 1.165) is 5.56 Å². The van der Waals surface area contributed by atoms with Crippen LogP contribution in [0.4, 0.5) is 0 Å². The molecule has 0 N–H and O–H groups in total. The Morgan fingerprint density at radius 1 is 1.21 bits per heavy atom. The van der Waals surface area contributed by atoms with Gasteiger partial charge in [-0.15, -0.1) is 0 Å². The Balaban J connectivity index is 1.64. The molecule has 0 aliphatic carbocycles. The number of carboxylic acid groups (broad SMARTS) is 1. The molecule has 1 aromatic carbocycles. The van der Waals surface area contributed by atoms with Gasteiger partial charge in [0.15, 0.2) is 0 Å². The van der Waals surface area contributed by atoms with Gasteiger partial charge in [-0.2, -0.15) is 0 Å². The number of thioether (sulfide) groups is 1. The smallest absolute Gasteiger partial charge is 0.266 e. The molecular weight excluding hydrogens is 418 g/mol. The summed E-state index contributed by atoms with van der Waals surface area (Å²) in [6.07, 6.45) is 3.62. The quantitative estimate of drug-likeness (QED) is 0.353. The third-order valence-electron chi connectivity index (χ3n) is 4.18. The molecule has 1 aliphatic rings. The number of carbonyl (C=O) groups excluding carboxylic acids is 2. The maximum Gasteiger partial charge on any atom is 0.266 e. The minimum atomic E-state index is -1.05. The van der Waals surface area contributed by atoms with E-state index in [4.69, 9.17) is 28.2 Å². The van der Waals surface area contributed by atoms with Gasteiger partial charge >= 0.3 is 0 Å². The van der Waals surface area contributed by atoms with Gasteiger partial charge < -0.3 is 14.3 Å². The summed E-state index contributed by atoms with van der Waals surface area (Å²) < 4.78 is 6.31. The topological polar surface area (TPSA) is 73.6 Å². The largest absolute Gasteiger partial charge is 0.550 e. The Labute approximate surface area is 177 Å². The van der Waals surface area contributed by atoms with Crippen molar-refractivity contribution in [3.05, 3.63) is 52.1 Å². The van der Waals surface area contributed by atoms with Crippen molar-refractivity contribution < 1.29 is 19.1 Å². The number of halogens is 1. The van der Waals surface area contributed by atoms with E-state index in [0.29, 0.717) is 51.6 Å². The number of furan rings is 1. The monoisotopic (exact) mass is 434 g/mol. The van der Waals surface area contributed by atoms with Crippen LogP contribution in [0.3, 0.4) is 0 Å². The Bertz CT molecular complexity index is 938. The highest BCUT2D eigenvalue weighted by molar-refractivity contribution is 8.26. The standard InChI is InChI=1S/C20H18ClNO4S2/c21-15-7-4-3-6-14(15)16-10-9-13(26-16)12-17-19(25)22(20(27)28-17)11-5-1-2-8-18(23)24/h3-4,6-7,9-10,12H,1-2,5,8,11H2,(H,23,24)/p-1/b17-12-. The van der Waals surface area contributed by atoms with Gasteiger partial charge in [0.2, 0.25) is 0 Å². The molecule has 0 saturated carbocycles. The molecule has 2 aromatic rings. The number of carbonyl (C=O) groups is 2. The van der Waals surface area contributed by atoms with Gasteiger partial charge in [-0.25, -0.2) is 0 Å². The maximum atomic E-state index is 12.6. The zero-order chi connectivity index (χ0) is 20.1. The van der Waals surface area contributed by atoms with Crippen LogP contribution in [0.5, 0.6) is 0 Å². The summed E-state index contributed by atoms with van der Waals surface area (Å²) in [5.41, 5.74) is 0.785. The van der Waals surface area contributed by atoms with Gasteiger partial charge in [0.1, 0.15) is 15.8 Å². The van der Waals surface area contributed by atoms with Crippen molar-refractivity contribution >= 4 is 57.9 Å². The predicted octanol–water partition coefficient (Wildman–Crippen LogP) is 4.11. The van der Waals surface area contributed by atoms with Crippen LogP contribution in [0.1, 0.15) is 31.4 Å². The number of rotatable bonds is 8. The van der Waals surface area contributed by atoms with Crippen LogP contribution in [0.25, 0.3) is 17.4 Å². The average Bonchev–Trinajstić information content (AvgIpc) is 3.21. The van der Waals surface area contributed by atoms with Crippen LogP contribution in [-0.4, -0.2) is 27.6 Å². The molecule has 1 aliphatic heterocycles. The summed E-state index contributed by atoms with van der Waals surface area (Å²) in [5, 5.41) is 11.0. The summed E-state index contributed by atoms with van der Waals surface area (Å²) in [6, 6.07) is 11.0. The first-order valence-electron chi connectivity index (χ1n) is 8.75. The molecule has 28 heavy (non-hydrogen) atoms. The number of benzene rings is 1. The molecule has 1 amide bonds. The van der Waals surface area contributed by atoms with Gasteiger partial charge in [0, 0.05) is 24.2 Å². The van der Waals surface area contributed by atoms with Gasteiger partial charge in [-0.1, -0.05) is 54.1 Å². The fourth-order valence-corrected chi connectivity index (χ4v) is 4.29. The lowest BCUT2D eigenvalue weighted by Gasteiger charge is -2.14. The lowest BCUT2D eigenvalue weighted by molar-refractivity contribution is -0.305. The predicted molar refractivity (Wildman–Crippen MR) is 113 cm³/mol. The first-order valence-corrected chi connectivity index (χ1v) is 10.4. The van der Waals surface area contributed by atoms with E-state index < -0.39 is 5.97 Å². The summed E-state index contributed by atoms with van der Waals surface area (Å²) in [4.78, 5) is 25.1. The molecule has 146 valence electrons. The summed E-state index contributed by atoms with van der Waals surface area (Å²) in [5.74, 6) is -0.0432. The van der Waals surface area contributed by atoms with Gasteiger partial charge in [0.25, 0.3) is 5.91 Å². The molecule has 2 heterocycles. The SMILES string of the molecule is O=C([O-])CCCCCN1C(=O)/C(=C/c2ccc(-c3ccccc3Cl)o2)SC1=S. The number of thiocarbonyl (C=S) groups is 1. The zero-order valence-corrected chi connectivity index (χ0v) is 17.2. The minimum Gasteiger partial charge on any atom is -0.550 e. The van der Waals surface area contributed by atoms with E-state index in [1.165, 1.54) is 11.8 Å². The number of amides is 1. The van der Waals surface area contributed by atoms with Gasteiger partial charge in [0.05, 0.1) is 9.93 Å². The van der Waals surface area contributed by atoms with E-state index in [-0.39, 0.29) is 12.3 Å². The fourth-order valence-electron chi connectivity index (χ4n) is 2.77. The molecule has 0 spiro atoms. The average molecular weight is 435 g/mol. The molecule has 0 unspecified atom stereocenters. The number of carboxylic acids is 1. The van der Waals surface area contributed by atoms with E-state index in [9.17, 15) is 14.7 Å².